The van der Waals surface area contributed by atoms with Gasteiger partial charge in [-0.3, -0.25) is 14.5 Å². The lowest BCUT2D eigenvalue weighted by atomic mass is 9.91. The molecule has 1 spiro atoms. The Morgan fingerprint density at radius 2 is 1.47 bits per heavy atom. The van der Waals surface area contributed by atoms with Crippen LogP contribution >= 0.6 is 15.9 Å². The summed E-state index contributed by atoms with van der Waals surface area (Å²) in [5, 5.41) is 5.35. The maximum absolute atomic E-state index is 14.0. The van der Waals surface area contributed by atoms with Crippen LogP contribution in [0, 0.1) is 0 Å². The molecule has 0 saturated carbocycles. The summed E-state index contributed by atoms with van der Waals surface area (Å²) < 4.78 is 0.904. The number of ketones is 1. The number of nitrogens with one attached hydrogen (secondary N) is 1. The Morgan fingerprint density at radius 3 is 2.27 bits per heavy atom. The second-order valence-corrected chi connectivity index (χ2v) is 8.45. The minimum Gasteiger partial charge on any atom is -0.351 e. The molecule has 1 atom stereocenters. The van der Waals surface area contributed by atoms with Gasteiger partial charge >= 0.3 is 0 Å². The smallest absolute Gasteiger partial charge is 0.262 e. The fraction of sp³-hybridized carbons (Fsp3) is 0.0400. The molecule has 0 radical (unpaired) electrons. The third kappa shape index (κ3) is 2.10. The van der Waals surface area contributed by atoms with Gasteiger partial charge in [0.25, 0.3) is 5.91 Å². The average Bonchev–Trinajstić information content (AvgIpc) is 3.00. The lowest BCUT2D eigenvalue weighted by Crippen LogP contribution is -2.61. The number of Topliss-reactive ketones (excluding diaryl/α,β-unsaturated/α-hetero) is 1. The molecule has 4 aromatic rings. The standard InChI is InChI=1S/C25H15BrN2O2/c26-16-11-13-17(14-12-16)28-24(30)18-7-1-2-10-21(18)27-25(28)20-9-4-6-15-5-3-8-19(22(15)20)23(25)29/h1-14,27H. The third-order valence-electron chi connectivity index (χ3n) is 5.96. The van der Waals surface area contributed by atoms with E-state index in [0.717, 1.165) is 20.8 Å². The number of amides is 1. The SMILES string of the molecule is O=C1c2ccccc2NC2(C(=O)c3cccc4cccc2c34)N1c1ccc(Br)cc1. The van der Waals surface area contributed by atoms with Crippen LogP contribution in [0.2, 0.25) is 0 Å². The molecular formula is C25H15BrN2O2. The fourth-order valence-electron chi connectivity index (χ4n) is 4.70. The van der Waals surface area contributed by atoms with E-state index in [1.165, 1.54) is 0 Å². The zero-order valence-corrected chi connectivity index (χ0v) is 17.3. The van der Waals surface area contributed by atoms with Crippen LogP contribution in [-0.2, 0) is 5.66 Å². The second kappa shape index (κ2) is 6.03. The van der Waals surface area contributed by atoms with Crippen molar-refractivity contribution in [1.82, 2.24) is 0 Å². The summed E-state index contributed by atoms with van der Waals surface area (Å²) in [4.78, 5) is 29.4. The van der Waals surface area contributed by atoms with Crippen LogP contribution in [-0.4, -0.2) is 11.7 Å². The van der Waals surface area contributed by atoms with Crippen LogP contribution < -0.4 is 10.2 Å². The van der Waals surface area contributed by atoms with Gasteiger partial charge in [0.05, 0.1) is 5.56 Å². The number of hydrogen-bond donors (Lipinski definition) is 1. The normalized spacial score (nSPS) is 19.3. The number of benzene rings is 4. The Morgan fingerprint density at radius 1 is 0.767 bits per heavy atom. The minimum atomic E-state index is -1.33. The first-order valence-electron chi connectivity index (χ1n) is 9.65. The van der Waals surface area contributed by atoms with Crippen molar-refractivity contribution in [2.45, 2.75) is 5.66 Å². The summed E-state index contributed by atoms with van der Waals surface area (Å²) in [5.74, 6) is -0.329. The van der Waals surface area contributed by atoms with Gasteiger partial charge in [-0.05, 0) is 41.8 Å². The summed E-state index contributed by atoms with van der Waals surface area (Å²) in [5.41, 5.74) is 1.96. The summed E-state index contributed by atoms with van der Waals surface area (Å²) in [7, 11) is 0. The molecule has 0 bridgehead atoms. The van der Waals surface area contributed by atoms with Gasteiger partial charge in [0.15, 0.2) is 0 Å². The van der Waals surface area contributed by atoms with Crippen molar-refractivity contribution in [2.24, 2.45) is 0 Å². The highest BCUT2D eigenvalue weighted by molar-refractivity contribution is 9.10. The van der Waals surface area contributed by atoms with Crippen LogP contribution in [0.4, 0.5) is 11.4 Å². The highest BCUT2D eigenvalue weighted by Gasteiger charge is 2.57. The maximum Gasteiger partial charge on any atom is 0.262 e. The predicted molar refractivity (Wildman–Crippen MR) is 121 cm³/mol. The van der Waals surface area contributed by atoms with Crippen molar-refractivity contribution in [1.29, 1.82) is 0 Å². The lowest BCUT2D eigenvalue weighted by Gasteiger charge is -2.45. The van der Waals surface area contributed by atoms with Gasteiger partial charge in [-0.15, -0.1) is 0 Å². The van der Waals surface area contributed by atoms with Crippen LogP contribution in [0.25, 0.3) is 10.8 Å². The van der Waals surface area contributed by atoms with Crippen molar-refractivity contribution in [2.75, 3.05) is 10.2 Å². The predicted octanol–water partition coefficient (Wildman–Crippen LogP) is 5.72. The molecule has 0 fully saturated rings. The Kier molecular flexibility index (Phi) is 3.50. The topological polar surface area (TPSA) is 49.4 Å². The van der Waals surface area contributed by atoms with Gasteiger partial charge in [-0.2, -0.15) is 0 Å². The van der Waals surface area contributed by atoms with Gasteiger partial charge in [-0.1, -0.05) is 64.5 Å². The molecular weight excluding hydrogens is 440 g/mol. The number of hydrogen-bond acceptors (Lipinski definition) is 3. The molecule has 144 valence electrons. The van der Waals surface area contributed by atoms with Crippen molar-refractivity contribution < 1.29 is 9.59 Å². The van der Waals surface area contributed by atoms with Crippen LogP contribution in [0.5, 0.6) is 0 Å². The zero-order chi connectivity index (χ0) is 20.5. The van der Waals surface area contributed by atoms with Gasteiger partial charge in [0.1, 0.15) is 0 Å². The van der Waals surface area contributed by atoms with E-state index in [0.29, 0.717) is 22.5 Å². The Bertz CT molecular complexity index is 1370. The molecule has 5 heteroatoms. The highest BCUT2D eigenvalue weighted by Crippen LogP contribution is 2.49. The summed E-state index contributed by atoms with van der Waals surface area (Å²) >= 11 is 3.46. The second-order valence-electron chi connectivity index (χ2n) is 7.54. The summed E-state index contributed by atoms with van der Waals surface area (Å²) in [6, 6.07) is 26.4. The maximum atomic E-state index is 14.0. The lowest BCUT2D eigenvalue weighted by molar-refractivity contribution is 0.0840. The number of anilines is 2. The quantitative estimate of drug-likeness (QED) is 0.399. The number of fused-ring (bicyclic) bond motifs is 2. The molecule has 0 aromatic heterocycles. The molecule has 0 saturated heterocycles. The first-order chi connectivity index (χ1) is 14.6. The van der Waals surface area contributed by atoms with Gasteiger partial charge < -0.3 is 5.32 Å². The molecule has 30 heavy (non-hydrogen) atoms. The number of nitrogens with zero attached hydrogens (tertiary/aromatic N) is 1. The number of rotatable bonds is 1. The van der Waals surface area contributed by atoms with E-state index < -0.39 is 5.66 Å². The molecule has 1 unspecified atom stereocenters. The Balaban J connectivity index is 1.71. The van der Waals surface area contributed by atoms with Crippen LogP contribution in [0.3, 0.4) is 0 Å². The fourth-order valence-corrected chi connectivity index (χ4v) is 4.96. The molecule has 1 aliphatic carbocycles. The zero-order valence-electron chi connectivity index (χ0n) is 15.7. The summed E-state index contributed by atoms with van der Waals surface area (Å²) in [6.07, 6.45) is 0. The highest BCUT2D eigenvalue weighted by atomic mass is 79.9. The van der Waals surface area contributed by atoms with E-state index in [1.807, 2.05) is 78.9 Å². The van der Waals surface area contributed by atoms with Crippen LogP contribution in [0.1, 0.15) is 26.3 Å². The first-order valence-corrected chi connectivity index (χ1v) is 10.4. The number of para-hydroxylation sites is 1. The van der Waals surface area contributed by atoms with Crippen molar-refractivity contribution >= 4 is 49.8 Å². The van der Waals surface area contributed by atoms with Crippen molar-refractivity contribution in [3.63, 3.8) is 0 Å². The van der Waals surface area contributed by atoms with E-state index in [9.17, 15) is 9.59 Å². The average molecular weight is 455 g/mol. The van der Waals surface area contributed by atoms with Gasteiger partial charge in [-0.25, -0.2) is 0 Å². The Hall–Kier alpha value is -3.44. The Labute approximate surface area is 181 Å². The van der Waals surface area contributed by atoms with E-state index in [2.05, 4.69) is 21.2 Å². The molecule has 1 heterocycles. The molecule has 4 aromatic carbocycles. The molecule has 2 aliphatic rings. The molecule has 4 nitrogen and oxygen atoms in total. The van der Waals surface area contributed by atoms with Gasteiger partial charge in [0.2, 0.25) is 11.4 Å². The van der Waals surface area contributed by atoms with E-state index in [1.54, 1.807) is 11.0 Å². The van der Waals surface area contributed by atoms with Crippen molar-refractivity contribution in [3.8, 4) is 0 Å². The van der Waals surface area contributed by atoms with E-state index in [4.69, 9.17) is 0 Å². The number of carbonyl (C=O) groups excluding carboxylic acids is 2. The van der Waals surface area contributed by atoms with Crippen molar-refractivity contribution in [3.05, 3.63) is 106 Å². The van der Waals surface area contributed by atoms with Crippen LogP contribution in [0.15, 0.2) is 89.4 Å². The first kappa shape index (κ1) is 17.4. The van der Waals surface area contributed by atoms with E-state index >= 15 is 0 Å². The number of carbonyl (C=O) groups is 2. The molecule has 1 N–H and O–H groups in total. The number of halogens is 1. The molecule has 1 aliphatic heterocycles. The summed E-state index contributed by atoms with van der Waals surface area (Å²) in [6.45, 7) is 0. The van der Waals surface area contributed by atoms with Gasteiger partial charge in [0, 0.05) is 32.4 Å². The van der Waals surface area contributed by atoms with E-state index in [-0.39, 0.29) is 11.7 Å². The molecule has 6 rings (SSSR count). The minimum absolute atomic E-state index is 0.125. The largest absolute Gasteiger partial charge is 0.351 e. The molecule has 1 amide bonds. The monoisotopic (exact) mass is 454 g/mol. The third-order valence-corrected chi connectivity index (χ3v) is 6.49.